The van der Waals surface area contributed by atoms with Gasteiger partial charge in [0.05, 0.1) is 17.4 Å². The number of carboxylic acids is 1. The van der Waals surface area contributed by atoms with Gasteiger partial charge in [0.2, 0.25) is 0 Å². The van der Waals surface area contributed by atoms with Gasteiger partial charge in [-0.1, -0.05) is 18.2 Å². The van der Waals surface area contributed by atoms with Gasteiger partial charge in [0, 0.05) is 5.56 Å². The zero-order chi connectivity index (χ0) is 21.2. The van der Waals surface area contributed by atoms with Crippen LogP contribution in [0.1, 0.15) is 26.4 Å². The number of amides is 1. The summed E-state index contributed by atoms with van der Waals surface area (Å²) in [4.78, 5) is 27.1. The van der Waals surface area contributed by atoms with Gasteiger partial charge in [-0.25, -0.2) is 14.2 Å². The molecule has 0 fully saturated rings. The van der Waals surface area contributed by atoms with Crippen LogP contribution < -0.4 is 5.32 Å². The van der Waals surface area contributed by atoms with Gasteiger partial charge < -0.3 is 10.4 Å². The molecule has 0 saturated heterocycles. The van der Waals surface area contributed by atoms with E-state index in [4.69, 9.17) is 5.11 Å². The zero-order valence-corrected chi connectivity index (χ0v) is 14.5. The molecule has 29 heavy (non-hydrogen) atoms. The fourth-order valence-electron chi connectivity index (χ4n) is 2.58. The first kappa shape index (κ1) is 20.0. The van der Waals surface area contributed by atoms with E-state index in [9.17, 15) is 27.2 Å². The third-order valence-corrected chi connectivity index (χ3v) is 3.99. The molecule has 2 N–H and O–H groups in total. The van der Waals surface area contributed by atoms with Crippen molar-refractivity contribution in [3.63, 3.8) is 0 Å². The lowest BCUT2D eigenvalue weighted by atomic mass is 9.96. The number of carbonyl (C=O) groups is 2. The van der Waals surface area contributed by atoms with Gasteiger partial charge in [-0.2, -0.15) is 13.2 Å². The van der Waals surface area contributed by atoms with Crippen molar-refractivity contribution in [2.45, 2.75) is 6.18 Å². The molecular formula is C20H12F4N2O3. The van der Waals surface area contributed by atoms with E-state index in [0.29, 0.717) is 11.6 Å². The number of nitrogens with one attached hydrogen (secondary N) is 1. The van der Waals surface area contributed by atoms with Crippen LogP contribution in [-0.4, -0.2) is 22.0 Å². The molecule has 0 spiro atoms. The molecule has 9 heteroatoms. The molecule has 148 valence electrons. The van der Waals surface area contributed by atoms with Gasteiger partial charge in [0.1, 0.15) is 11.5 Å². The lowest BCUT2D eigenvalue weighted by Gasteiger charge is -2.14. The number of hydrogen-bond acceptors (Lipinski definition) is 3. The molecule has 0 aliphatic heterocycles. The summed E-state index contributed by atoms with van der Waals surface area (Å²) in [6.45, 7) is 0. The van der Waals surface area contributed by atoms with Crippen LogP contribution in [0.4, 0.5) is 23.2 Å². The third-order valence-electron chi connectivity index (χ3n) is 3.99. The van der Waals surface area contributed by atoms with Crippen LogP contribution in [0.2, 0.25) is 0 Å². The number of carboxylic acid groups (broad SMARTS) is 1. The SMILES string of the molecule is O=C(O)c1ccc(NC(=O)c2cc(C(F)(F)F)ccc2-c2ccc(F)cc2)cn1. The predicted octanol–water partition coefficient (Wildman–Crippen LogP) is 4.86. The molecule has 0 radical (unpaired) electrons. The van der Waals surface area contributed by atoms with Gasteiger partial charge in [-0.15, -0.1) is 0 Å². The van der Waals surface area contributed by atoms with Crippen molar-refractivity contribution in [3.05, 3.63) is 83.4 Å². The number of halogens is 4. The quantitative estimate of drug-likeness (QED) is 0.609. The number of nitrogens with zero attached hydrogens (tertiary/aromatic N) is 1. The molecular weight excluding hydrogens is 392 g/mol. The monoisotopic (exact) mass is 404 g/mol. The van der Waals surface area contributed by atoms with Crippen molar-refractivity contribution in [3.8, 4) is 11.1 Å². The van der Waals surface area contributed by atoms with E-state index in [1.54, 1.807) is 0 Å². The molecule has 0 atom stereocenters. The first-order valence-corrected chi connectivity index (χ1v) is 8.13. The maximum absolute atomic E-state index is 13.2. The first-order valence-electron chi connectivity index (χ1n) is 8.13. The van der Waals surface area contributed by atoms with Crippen molar-refractivity contribution in [1.82, 2.24) is 4.98 Å². The largest absolute Gasteiger partial charge is 0.477 e. The van der Waals surface area contributed by atoms with Crippen molar-refractivity contribution >= 4 is 17.6 Å². The summed E-state index contributed by atoms with van der Waals surface area (Å²) in [7, 11) is 0. The van der Waals surface area contributed by atoms with E-state index in [-0.39, 0.29) is 22.5 Å². The van der Waals surface area contributed by atoms with Crippen LogP contribution in [0, 0.1) is 5.82 Å². The first-order chi connectivity index (χ1) is 13.6. The van der Waals surface area contributed by atoms with Gasteiger partial charge in [0.25, 0.3) is 5.91 Å². The maximum atomic E-state index is 13.2. The van der Waals surface area contributed by atoms with Gasteiger partial charge in [-0.3, -0.25) is 4.79 Å². The van der Waals surface area contributed by atoms with Gasteiger partial charge in [0.15, 0.2) is 0 Å². The van der Waals surface area contributed by atoms with Crippen LogP contribution in [0.3, 0.4) is 0 Å². The highest BCUT2D eigenvalue weighted by Gasteiger charge is 2.32. The Hall–Kier alpha value is -3.75. The van der Waals surface area contributed by atoms with Crippen LogP contribution >= 0.6 is 0 Å². The number of pyridine rings is 1. The second kappa shape index (κ2) is 7.70. The van der Waals surface area contributed by atoms with Gasteiger partial charge in [-0.05, 0) is 47.5 Å². The molecule has 0 aliphatic rings. The lowest BCUT2D eigenvalue weighted by Crippen LogP contribution is -2.16. The second-order valence-electron chi connectivity index (χ2n) is 5.96. The van der Waals surface area contributed by atoms with E-state index >= 15 is 0 Å². The fraction of sp³-hybridized carbons (Fsp3) is 0.0500. The van der Waals surface area contributed by atoms with E-state index in [1.165, 1.54) is 18.2 Å². The normalized spacial score (nSPS) is 11.2. The number of alkyl halides is 3. The van der Waals surface area contributed by atoms with E-state index < -0.39 is 29.4 Å². The van der Waals surface area contributed by atoms with Gasteiger partial charge >= 0.3 is 12.1 Å². The zero-order valence-electron chi connectivity index (χ0n) is 14.5. The third kappa shape index (κ3) is 4.57. The molecule has 1 amide bonds. The molecule has 3 aromatic rings. The number of aromatic nitrogens is 1. The Balaban J connectivity index is 2.01. The standard InChI is InChI=1S/C20H12F4N2O3/c21-13-4-1-11(2-5-13)15-7-3-12(20(22,23)24)9-16(15)18(27)26-14-6-8-17(19(28)29)25-10-14/h1-10H,(H,26,27)(H,28,29). The number of aromatic carboxylic acids is 1. The molecule has 0 saturated carbocycles. The van der Waals surface area contributed by atoms with Crippen molar-refractivity contribution in [2.24, 2.45) is 0 Å². The van der Waals surface area contributed by atoms with E-state index in [0.717, 1.165) is 36.5 Å². The summed E-state index contributed by atoms with van der Waals surface area (Å²) in [5, 5.41) is 11.2. The fourth-order valence-corrected chi connectivity index (χ4v) is 2.58. The molecule has 1 aromatic heterocycles. The summed E-state index contributed by atoms with van der Waals surface area (Å²) in [6, 6.07) is 10.0. The molecule has 5 nitrogen and oxygen atoms in total. The maximum Gasteiger partial charge on any atom is 0.416 e. The topological polar surface area (TPSA) is 79.3 Å². The average Bonchev–Trinajstić information content (AvgIpc) is 2.68. The van der Waals surface area contributed by atoms with Crippen molar-refractivity contribution in [2.75, 3.05) is 5.32 Å². The predicted molar refractivity (Wildman–Crippen MR) is 96.0 cm³/mol. The minimum atomic E-state index is -4.67. The van der Waals surface area contributed by atoms with Crippen molar-refractivity contribution in [1.29, 1.82) is 0 Å². The van der Waals surface area contributed by atoms with Crippen LogP contribution in [0.5, 0.6) is 0 Å². The van der Waals surface area contributed by atoms with E-state index in [2.05, 4.69) is 10.3 Å². The number of benzene rings is 2. The van der Waals surface area contributed by atoms with E-state index in [1.807, 2.05) is 0 Å². The number of anilines is 1. The van der Waals surface area contributed by atoms with Crippen molar-refractivity contribution < 1.29 is 32.3 Å². The number of carbonyl (C=O) groups excluding carboxylic acids is 1. The molecule has 3 rings (SSSR count). The molecule has 0 unspecified atom stereocenters. The second-order valence-corrected chi connectivity index (χ2v) is 5.96. The molecule has 0 bridgehead atoms. The highest BCUT2D eigenvalue weighted by atomic mass is 19.4. The minimum Gasteiger partial charge on any atom is -0.477 e. The highest BCUT2D eigenvalue weighted by Crippen LogP contribution is 2.34. The smallest absolute Gasteiger partial charge is 0.416 e. The summed E-state index contributed by atoms with van der Waals surface area (Å²) in [5.74, 6) is -2.66. The molecule has 2 aromatic carbocycles. The average molecular weight is 404 g/mol. The van der Waals surface area contributed by atoms with Crippen LogP contribution in [0.15, 0.2) is 60.8 Å². The Labute approximate surface area is 161 Å². The summed E-state index contributed by atoms with van der Waals surface area (Å²) in [6.07, 6.45) is -3.59. The van der Waals surface area contributed by atoms with Crippen LogP contribution in [-0.2, 0) is 6.18 Å². The Morgan fingerprint density at radius 2 is 1.66 bits per heavy atom. The summed E-state index contributed by atoms with van der Waals surface area (Å²) < 4.78 is 52.5. The lowest BCUT2D eigenvalue weighted by molar-refractivity contribution is -0.137. The minimum absolute atomic E-state index is 0.0995. The van der Waals surface area contributed by atoms with Crippen LogP contribution in [0.25, 0.3) is 11.1 Å². The summed E-state index contributed by atoms with van der Waals surface area (Å²) >= 11 is 0. The number of rotatable bonds is 4. The molecule has 1 heterocycles. The Bertz CT molecular complexity index is 1060. The highest BCUT2D eigenvalue weighted by molar-refractivity contribution is 6.09. The Morgan fingerprint density at radius 3 is 2.21 bits per heavy atom. The Morgan fingerprint density at radius 1 is 0.966 bits per heavy atom. The summed E-state index contributed by atoms with van der Waals surface area (Å²) in [5.41, 5.74) is -0.937. The Kier molecular flexibility index (Phi) is 5.31. The molecule has 0 aliphatic carbocycles. The number of hydrogen-bond donors (Lipinski definition) is 2.